The van der Waals surface area contributed by atoms with E-state index in [4.69, 9.17) is 10.5 Å². The first-order valence-corrected chi connectivity index (χ1v) is 8.35. The first-order valence-electron chi connectivity index (χ1n) is 8.35. The van der Waals surface area contributed by atoms with Gasteiger partial charge in [0.25, 0.3) is 0 Å². The van der Waals surface area contributed by atoms with Crippen LogP contribution in [-0.2, 0) is 19.4 Å². The fraction of sp³-hybridized carbons (Fsp3) is 0.875. The summed E-state index contributed by atoms with van der Waals surface area (Å²) in [5, 5.41) is 16.7. The van der Waals surface area contributed by atoms with Crippen LogP contribution in [0.15, 0.2) is 0 Å². The monoisotopic (exact) mass is 318 g/mol. The van der Waals surface area contributed by atoms with Crippen molar-refractivity contribution in [2.45, 2.75) is 84.0 Å². The van der Waals surface area contributed by atoms with Gasteiger partial charge in [0.2, 0.25) is 0 Å². The van der Waals surface area contributed by atoms with Gasteiger partial charge in [-0.1, -0.05) is 58.3 Å². The second-order valence-corrected chi connectivity index (χ2v) is 5.73. The fourth-order valence-corrected chi connectivity index (χ4v) is 2.52. The minimum Gasteiger partial charge on any atom is -0.301 e. The Morgan fingerprint density at radius 1 is 0.818 bits per heavy atom. The summed E-state index contributed by atoms with van der Waals surface area (Å²) in [7, 11) is 0. The molecule has 6 nitrogen and oxygen atoms in total. The summed E-state index contributed by atoms with van der Waals surface area (Å²) in [6.07, 6.45) is 11.0. The number of hydrogen-bond acceptors (Lipinski definition) is 6. The van der Waals surface area contributed by atoms with Gasteiger partial charge in [-0.3, -0.25) is 0 Å². The topological polar surface area (TPSA) is 93.1 Å². The minimum absolute atomic E-state index is 0.0448. The lowest BCUT2D eigenvalue weighted by molar-refractivity contribution is -0.240. The quantitative estimate of drug-likeness (QED) is 0.281. The Morgan fingerprint density at radius 2 is 1.36 bits per heavy atom. The van der Waals surface area contributed by atoms with Crippen LogP contribution in [0.2, 0.25) is 0 Å². The molecular formula is C16H30O6. The van der Waals surface area contributed by atoms with E-state index in [1.54, 1.807) is 0 Å². The Labute approximate surface area is 132 Å². The second kappa shape index (κ2) is 14.8. The van der Waals surface area contributed by atoms with E-state index in [2.05, 4.69) is 16.7 Å². The van der Waals surface area contributed by atoms with Gasteiger partial charge in [0.15, 0.2) is 0 Å². The first kappa shape index (κ1) is 20.9. The Bertz CT molecular complexity index is 292. The van der Waals surface area contributed by atoms with Crippen LogP contribution in [0.3, 0.4) is 0 Å². The molecule has 0 radical (unpaired) electrons. The van der Waals surface area contributed by atoms with Crippen molar-refractivity contribution in [2.75, 3.05) is 0 Å². The van der Waals surface area contributed by atoms with E-state index in [0.717, 1.165) is 19.3 Å². The lowest BCUT2D eigenvalue weighted by atomic mass is 9.95. The van der Waals surface area contributed by atoms with Crippen LogP contribution in [0.4, 0.5) is 0 Å². The number of unbranched alkanes of at least 4 members (excludes halogenated alkanes) is 7. The third kappa shape index (κ3) is 11.5. The van der Waals surface area contributed by atoms with Gasteiger partial charge in [-0.25, -0.2) is 9.59 Å². The van der Waals surface area contributed by atoms with Gasteiger partial charge in [0, 0.05) is 6.42 Å². The highest BCUT2D eigenvalue weighted by Crippen LogP contribution is 2.19. The van der Waals surface area contributed by atoms with Crippen LogP contribution >= 0.6 is 0 Å². The molecule has 0 aromatic heterocycles. The maximum Gasteiger partial charge on any atom is 0.345 e. The molecule has 0 aromatic rings. The van der Waals surface area contributed by atoms with Crippen molar-refractivity contribution in [1.29, 1.82) is 0 Å². The Morgan fingerprint density at radius 3 is 1.91 bits per heavy atom. The van der Waals surface area contributed by atoms with Crippen molar-refractivity contribution < 1.29 is 29.9 Å². The third-order valence-electron chi connectivity index (χ3n) is 3.86. The van der Waals surface area contributed by atoms with Crippen molar-refractivity contribution >= 4 is 11.9 Å². The summed E-state index contributed by atoms with van der Waals surface area (Å²) in [6, 6.07) is 0. The molecule has 0 amide bonds. The smallest absolute Gasteiger partial charge is 0.301 e. The van der Waals surface area contributed by atoms with Crippen molar-refractivity contribution in [3.63, 3.8) is 0 Å². The second-order valence-electron chi connectivity index (χ2n) is 5.73. The molecule has 0 aliphatic heterocycles. The standard InChI is InChI=1S/C16H30O6/c1-2-3-4-5-6-7-8-9-11-14(16(18)22-20)12-10-13-15(17)21-19/h14,19-20H,2-13H2,1H3. The van der Waals surface area contributed by atoms with Crippen LogP contribution < -0.4 is 0 Å². The van der Waals surface area contributed by atoms with E-state index >= 15 is 0 Å². The molecule has 0 saturated carbocycles. The largest absolute Gasteiger partial charge is 0.345 e. The van der Waals surface area contributed by atoms with E-state index in [0.29, 0.717) is 19.3 Å². The zero-order chi connectivity index (χ0) is 16.6. The van der Waals surface area contributed by atoms with E-state index in [1.165, 1.54) is 32.1 Å². The predicted molar refractivity (Wildman–Crippen MR) is 82.0 cm³/mol. The van der Waals surface area contributed by atoms with Crippen LogP contribution in [0.5, 0.6) is 0 Å². The van der Waals surface area contributed by atoms with Crippen molar-refractivity contribution in [3.05, 3.63) is 0 Å². The molecule has 0 rings (SSSR count). The molecule has 0 aromatic carbocycles. The highest BCUT2D eigenvalue weighted by Gasteiger charge is 2.20. The minimum atomic E-state index is -0.719. The Kier molecular flexibility index (Phi) is 14.0. The van der Waals surface area contributed by atoms with Crippen molar-refractivity contribution in [3.8, 4) is 0 Å². The highest BCUT2D eigenvalue weighted by molar-refractivity contribution is 5.72. The summed E-state index contributed by atoms with van der Waals surface area (Å²) in [6.45, 7) is 2.20. The van der Waals surface area contributed by atoms with Gasteiger partial charge in [-0.2, -0.15) is 10.5 Å². The molecule has 130 valence electrons. The van der Waals surface area contributed by atoms with Gasteiger partial charge in [-0.05, 0) is 19.3 Å². The summed E-state index contributed by atoms with van der Waals surface area (Å²) in [4.78, 5) is 29.6. The summed E-state index contributed by atoms with van der Waals surface area (Å²) >= 11 is 0. The molecular weight excluding hydrogens is 288 g/mol. The highest BCUT2D eigenvalue weighted by atomic mass is 17.1. The van der Waals surface area contributed by atoms with Crippen LogP contribution in [-0.4, -0.2) is 22.5 Å². The van der Waals surface area contributed by atoms with Crippen molar-refractivity contribution in [1.82, 2.24) is 0 Å². The molecule has 6 heteroatoms. The molecule has 22 heavy (non-hydrogen) atoms. The number of carbonyl (C=O) groups excluding carboxylic acids is 2. The molecule has 0 spiro atoms. The van der Waals surface area contributed by atoms with Gasteiger partial charge in [-0.15, -0.1) is 0 Å². The molecule has 0 fully saturated rings. The summed E-state index contributed by atoms with van der Waals surface area (Å²) < 4.78 is 0. The lowest BCUT2D eigenvalue weighted by Gasteiger charge is -2.12. The normalized spacial score (nSPS) is 12.0. The van der Waals surface area contributed by atoms with Crippen LogP contribution in [0.25, 0.3) is 0 Å². The van der Waals surface area contributed by atoms with E-state index < -0.39 is 17.9 Å². The SMILES string of the molecule is CCCCCCCCCCC(CCCC(=O)OO)C(=O)OO. The Hall–Kier alpha value is -1.14. The molecule has 1 atom stereocenters. The average molecular weight is 318 g/mol. The summed E-state index contributed by atoms with van der Waals surface area (Å²) in [5.74, 6) is -1.78. The predicted octanol–water partition coefficient (Wildman–Crippen LogP) is 4.34. The molecule has 0 aliphatic rings. The lowest BCUT2D eigenvalue weighted by Crippen LogP contribution is -2.17. The van der Waals surface area contributed by atoms with E-state index in [1.807, 2.05) is 0 Å². The molecule has 2 N–H and O–H groups in total. The van der Waals surface area contributed by atoms with E-state index in [-0.39, 0.29) is 6.42 Å². The third-order valence-corrected chi connectivity index (χ3v) is 3.86. The Balaban J connectivity index is 3.76. The first-order chi connectivity index (χ1) is 10.7. The van der Waals surface area contributed by atoms with Gasteiger partial charge >= 0.3 is 11.9 Å². The number of carbonyl (C=O) groups is 2. The molecule has 0 bridgehead atoms. The van der Waals surface area contributed by atoms with Crippen molar-refractivity contribution in [2.24, 2.45) is 5.92 Å². The number of hydrogen-bond donors (Lipinski definition) is 2. The maximum absolute atomic E-state index is 11.5. The zero-order valence-electron chi connectivity index (χ0n) is 13.6. The average Bonchev–Trinajstić information content (AvgIpc) is 2.54. The maximum atomic E-state index is 11.5. The van der Waals surface area contributed by atoms with Gasteiger partial charge in [0.1, 0.15) is 0 Å². The summed E-state index contributed by atoms with van der Waals surface area (Å²) in [5.41, 5.74) is 0. The molecule has 1 unspecified atom stereocenters. The fourth-order valence-electron chi connectivity index (χ4n) is 2.52. The molecule has 0 heterocycles. The van der Waals surface area contributed by atoms with Gasteiger partial charge < -0.3 is 9.78 Å². The van der Waals surface area contributed by atoms with Gasteiger partial charge in [0.05, 0.1) is 5.92 Å². The van der Waals surface area contributed by atoms with Crippen LogP contribution in [0.1, 0.15) is 84.0 Å². The van der Waals surface area contributed by atoms with E-state index in [9.17, 15) is 9.59 Å². The number of rotatable bonds is 14. The molecule has 0 aliphatic carbocycles. The molecule has 0 saturated heterocycles. The zero-order valence-corrected chi connectivity index (χ0v) is 13.6. The van der Waals surface area contributed by atoms with Crippen LogP contribution in [0, 0.1) is 5.92 Å².